The highest BCUT2D eigenvalue weighted by Gasteiger charge is 2.21. The van der Waals surface area contributed by atoms with Crippen LogP contribution in [0.25, 0.3) is 0 Å². The van der Waals surface area contributed by atoms with Gasteiger partial charge in [-0.05, 0) is 40.2 Å². The summed E-state index contributed by atoms with van der Waals surface area (Å²) in [6.07, 6.45) is 1.69. The molecule has 4 nitrogen and oxygen atoms in total. The van der Waals surface area contributed by atoms with Gasteiger partial charge in [-0.3, -0.25) is 0 Å². The van der Waals surface area contributed by atoms with Crippen LogP contribution in [-0.2, 0) is 9.47 Å². The van der Waals surface area contributed by atoms with Crippen LogP contribution in [0.3, 0.4) is 0 Å². The number of hydrogen-bond donors (Lipinski definition) is 2. The highest BCUT2D eigenvalue weighted by Crippen LogP contribution is 2.13. The number of aliphatic hydroxyl groups excluding tert-OH is 1. The lowest BCUT2D eigenvalue weighted by atomic mass is 10.00. The molecular formula is C13H29NO3. The fourth-order valence-electron chi connectivity index (χ4n) is 1.47. The zero-order valence-electron chi connectivity index (χ0n) is 12.0. The van der Waals surface area contributed by atoms with Crippen LogP contribution >= 0.6 is 0 Å². The van der Waals surface area contributed by atoms with Crippen molar-refractivity contribution in [2.45, 2.75) is 51.7 Å². The van der Waals surface area contributed by atoms with Gasteiger partial charge in [0, 0.05) is 25.9 Å². The monoisotopic (exact) mass is 247 g/mol. The first kappa shape index (κ1) is 16.8. The quantitative estimate of drug-likeness (QED) is 0.575. The maximum Gasteiger partial charge on any atom is 0.0644 e. The van der Waals surface area contributed by atoms with Gasteiger partial charge in [0.1, 0.15) is 0 Å². The Bertz CT molecular complexity index is 197. The number of likely N-dealkylation sites (N-methyl/N-ethyl adjacent to an activating group) is 1. The Morgan fingerprint density at radius 1 is 1.12 bits per heavy atom. The molecule has 0 aromatic rings. The Morgan fingerprint density at radius 3 is 2.18 bits per heavy atom. The Hall–Kier alpha value is -0.160. The molecule has 0 rings (SSSR count). The average Bonchev–Trinajstić information content (AvgIpc) is 2.29. The summed E-state index contributed by atoms with van der Waals surface area (Å²) in [7, 11) is 1.72. The van der Waals surface area contributed by atoms with Gasteiger partial charge in [-0.2, -0.15) is 0 Å². The highest BCUT2D eigenvalue weighted by atomic mass is 16.5. The van der Waals surface area contributed by atoms with E-state index in [-0.39, 0.29) is 17.7 Å². The number of aliphatic hydroxyl groups is 1. The van der Waals surface area contributed by atoms with Gasteiger partial charge in [-0.15, -0.1) is 0 Å². The molecule has 0 heterocycles. The van der Waals surface area contributed by atoms with E-state index in [1.165, 1.54) is 0 Å². The third kappa shape index (κ3) is 7.71. The minimum absolute atomic E-state index is 0.123. The molecule has 0 aliphatic heterocycles. The van der Waals surface area contributed by atoms with Crippen molar-refractivity contribution >= 4 is 0 Å². The molecule has 17 heavy (non-hydrogen) atoms. The van der Waals surface area contributed by atoms with Crippen LogP contribution < -0.4 is 5.32 Å². The minimum atomic E-state index is -0.231. The Kier molecular flexibility index (Phi) is 7.96. The van der Waals surface area contributed by atoms with Gasteiger partial charge in [0.25, 0.3) is 0 Å². The van der Waals surface area contributed by atoms with E-state index in [9.17, 15) is 5.11 Å². The molecule has 0 aromatic carbocycles. The number of rotatable bonds is 10. The summed E-state index contributed by atoms with van der Waals surface area (Å²) in [4.78, 5) is 0. The predicted molar refractivity (Wildman–Crippen MR) is 70.3 cm³/mol. The SMILES string of the molecule is CCNC(C)(CO)CCOCCC(C)(C)OC. The van der Waals surface area contributed by atoms with Crippen LogP contribution in [0.1, 0.15) is 40.5 Å². The molecule has 1 atom stereocenters. The molecule has 0 aliphatic rings. The van der Waals surface area contributed by atoms with Gasteiger partial charge in [-0.1, -0.05) is 6.92 Å². The zero-order chi connectivity index (χ0) is 13.4. The average molecular weight is 247 g/mol. The second kappa shape index (κ2) is 8.03. The highest BCUT2D eigenvalue weighted by molar-refractivity contribution is 4.81. The van der Waals surface area contributed by atoms with E-state index in [2.05, 4.69) is 5.32 Å². The van der Waals surface area contributed by atoms with Crippen LogP contribution in [0, 0.1) is 0 Å². The van der Waals surface area contributed by atoms with Crippen molar-refractivity contribution in [2.24, 2.45) is 0 Å². The minimum Gasteiger partial charge on any atom is -0.394 e. The smallest absolute Gasteiger partial charge is 0.0644 e. The first-order valence-electron chi connectivity index (χ1n) is 6.38. The third-order valence-corrected chi connectivity index (χ3v) is 3.15. The summed E-state index contributed by atoms with van der Waals surface area (Å²) in [5.41, 5.74) is -0.354. The summed E-state index contributed by atoms with van der Waals surface area (Å²) in [6.45, 7) is 10.5. The molecule has 4 heteroatoms. The predicted octanol–water partition coefficient (Wildman–Crippen LogP) is 1.57. The maximum absolute atomic E-state index is 9.30. The van der Waals surface area contributed by atoms with Crippen LogP contribution in [0.4, 0.5) is 0 Å². The first-order valence-corrected chi connectivity index (χ1v) is 6.38. The largest absolute Gasteiger partial charge is 0.394 e. The van der Waals surface area contributed by atoms with Crippen molar-refractivity contribution < 1.29 is 14.6 Å². The lowest BCUT2D eigenvalue weighted by Gasteiger charge is -2.28. The standard InChI is InChI=1S/C13H29NO3/c1-6-14-13(4,11-15)8-10-17-9-7-12(2,3)16-5/h14-15H,6-11H2,1-5H3. The van der Waals surface area contributed by atoms with Gasteiger partial charge < -0.3 is 19.9 Å². The number of methoxy groups -OCH3 is 1. The van der Waals surface area contributed by atoms with E-state index < -0.39 is 0 Å². The van der Waals surface area contributed by atoms with E-state index in [1.807, 2.05) is 27.7 Å². The van der Waals surface area contributed by atoms with Crippen LogP contribution in [-0.4, -0.2) is 49.7 Å². The molecule has 0 saturated heterocycles. The van der Waals surface area contributed by atoms with Gasteiger partial charge in [-0.25, -0.2) is 0 Å². The van der Waals surface area contributed by atoms with E-state index >= 15 is 0 Å². The van der Waals surface area contributed by atoms with Crippen molar-refractivity contribution in [3.8, 4) is 0 Å². The lowest BCUT2D eigenvalue weighted by Crippen LogP contribution is -2.46. The van der Waals surface area contributed by atoms with Crippen molar-refractivity contribution in [1.29, 1.82) is 0 Å². The second-order valence-electron chi connectivity index (χ2n) is 5.33. The molecule has 0 radical (unpaired) electrons. The summed E-state index contributed by atoms with van der Waals surface area (Å²) in [5.74, 6) is 0. The van der Waals surface area contributed by atoms with Gasteiger partial charge >= 0.3 is 0 Å². The van der Waals surface area contributed by atoms with Crippen LogP contribution in [0.5, 0.6) is 0 Å². The molecule has 0 amide bonds. The Labute approximate surface area is 106 Å². The number of hydrogen-bond acceptors (Lipinski definition) is 4. The van der Waals surface area contributed by atoms with Crippen LogP contribution in [0.2, 0.25) is 0 Å². The van der Waals surface area contributed by atoms with Gasteiger partial charge in [0.15, 0.2) is 0 Å². The first-order chi connectivity index (χ1) is 7.89. The Balaban J connectivity index is 3.69. The van der Waals surface area contributed by atoms with E-state index in [4.69, 9.17) is 9.47 Å². The molecule has 0 bridgehead atoms. The topological polar surface area (TPSA) is 50.7 Å². The van der Waals surface area contributed by atoms with Crippen molar-refractivity contribution in [3.05, 3.63) is 0 Å². The maximum atomic E-state index is 9.30. The summed E-state index contributed by atoms with van der Waals surface area (Å²) >= 11 is 0. The van der Waals surface area contributed by atoms with Crippen molar-refractivity contribution in [3.63, 3.8) is 0 Å². The number of nitrogens with one attached hydrogen (secondary N) is 1. The molecule has 0 saturated carbocycles. The molecular weight excluding hydrogens is 218 g/mol. The summed E-state index contributed by atoms with van der Waals surface area (Å²) in [6, 6.07) is 0. The number of ether oxygens (including phenoxy) is 2. The Morgan fingerprint density at radius 2 is 1.71 bits per heavy atom. The van der Waals surface area contributed by atoms with Crippen molar-refractivity contribution in [1.82, 2.24) is 5.32 Å². The molecule has 104 valence electrons. The summed E-state index contributed by atoms with van der Waals surface area (Å²) < 4.78 is 10.9. The van der Waals surface area contributed by atoms with Gasteiger partial charge in [0.05, 0.1) is 12.2 Å². The van der Waals surface area contributed by atoms with E-state index in [0.717, 1.165) is 19.4 Å². The van der Waals surface area contributed by atoms with Gasteiger partial charge in [0.2, 0.25) is 0 Å². The van der Waals surface area contributed by atoms with Crippen molar-refractivity contribution in [2.75, 3.05) is 33.5 Å². The molecule has 0 aromatic heterocycles. The third-order valence-electron chi connectivity index (χ3n) is 3.15. The molecule has 0 fully saturated rings. The zero-order valence-corrected chi connectivity index (χ0v) is 12.0. The molecule has 0 aliphatic carbocycles. The second-order valence-corrected chi connectivity index (χ2v) is 5.33. The molecule has 1 unspecified atom stereocenters. The normalized spacial score (nSPS) is 15.9. The molecule has 2 N–H and O–H groups in total. The fourth-order valence-corrected chi connectivity index (χ4v) is 1.47. The van der Waals surface area contributed by atoms with E-state index in [0.29, 0.717) is 13.2 Å². The fraction of sp³-hybridized carbons (Fsp3) is 1.00. The lowest BCUT2D eigenvalue weighted by molar-refractivity contribution is -0.0129. The molecule has 0 spiro atoms. The summed E-state index contributed by atoms with van der Waals surface area (Å²) in [5, 5.41) is 12.6. The van der Waals surface area contributed by atoms with E-state index in [1.54, 1.807) is 7.11 Å². The van der Waals surface area contributed by atoms with Crippen LogP contribution in [0.15, 0.2) is 0 Å².